The number of benzene rings is 2. The van der Waals surface area contributed by atoms with Crippen molar-refractivity contribution in [3.05, 3.63) is 73.2 Å². The highest BCUT2D eigenvalue weighted by molar-refractivity contribution is 5.97. The summed E-state index contributed by atoms with van der Waals surface area (Å²) >= 11 is 0. The highest BCUT2D eigenvalue weighted by Crippen LogP contribution is 2.35. The molecule has 0 saturated heterocycles. The maximum absolute atomic E-state index is 10.2. The zero-order valence-electron chi connectivity index (χ0n) is 13.3. The third-order valence-corrected chi connectivity index (χ3v) is 4.61. The first kappa shape index (κ1) is 13.9. The molecule has 0 aliphatic rings. The van der Waals surface area contributed by atoms with E-state index in [1.807, 2.05) is 36.8 Å². The van der Waals surface area contributed by atoms with Crippen molar-refractivity contribution in [3.63, 3.8) is 0 Å². The van der Waals surface area contributed by atoms with Crippen molar-refractivity contribution in [2.75, 3.05) is 0 Å². The second-order valence-electron chi connectivity index (χ2n) is 6.12. The Morgan fingerprint density at radius 2 is 1.76 bits per heavy atom. The van der Waals surface area contributed by atoms with Gasteiger partial charge in [-0.2, -0.15) is 0 Å². The molecule has 0 aliphatic carbocycles. The maximum Gasteiger partial charge on any atom is 0.137 e. The Morgan fingerprint density at radius 1 is 0.840 bits per heavy atom. The van der Waals surface area contributed by atoms with Crippen LogP contribution in [0.1, 0.15) is 0 Å². The molecule has 5 rings (SSSR count). The summed E-state index contributed by atoms with van der Waals surface area (Å²) in [5, 5.41) is 12.4. The number of hydrogen-bond acceptors (Lipinski definition) is 2. The minimum absolute atomic E-state index is 0.266. The predicted molar refractivity (Wildman–Crippen MR) is 100 cm³/mol. The van der Waals surface area contributed by atoms with E-state index >= 15 is 0 Å². The molecule has 0 atom stereocenters. The molecule has 0 fully saturated rings. The fraction of sp³-hybridized carbons (Fsp3) is 0. The van der Waals surface area contributed by atoms with Gasteiger partial charge in [-0.1, -0.05) is 24.3 Å². The summed E-state index contributed by atoms with van der Waals surface area (Å²) in [6.45, 7) is 0. The lowest BCUT2D eigenvalue weighted by Gasteiger charge is -2.05. The van der Waals surface area contributed by atoms with Crippen LogP contribution in [0.2, 0.25) is 0 Å². The average Bonchev–Trinajstić information content (AvgIpc) is 3.27. The maximum atomic E-state index is 10.2. The van der Waals surface area contributed by atoms with Gasteiger partial charge in [0.1, 0.15) is 11.4 Å². The van der Waals surface area contributed by atoms with Crippen LogP contribution in [0.4, 0.5) is 0 Å². The molecule has 0 unspecified atom stereocenters. The Morgan fingerprint density at radius 3 is 2.68 bits per heavy atom. The van der Waals surface area contributed by atoms with Crippen molar-refractivity contribution in [1.29, 1.82) is 0 Å². The molecule has 120 valence electrons. The molecular formula is C21H15N3O. The number of hydrogen-bond donors (Lipinski definition) is 3. The van der Waals surface area contributed by atoms with Crippen LogP contribution >= 0.6 is 0 Å². The van der Waals surface area contributed by atoms with Gasteiger partial charge in [0.25, 0.3) is 0 Å². The molecule has 0 amide bonds. The smallest absolute Gasteiger partial charge is 0.137 e. The SMILES string of the molecule is Oc1ccccc1-c1c[nH]c2ncc(-c3ccc4[nH]ccc4c3)cc12. The molecule has 5 aromatic rings. The summed E-state index contributed by atoms with van der Waals surface area (Å²) in [5.41, 5.74) is 5.84. The van der Waals surface area contributed by atoms with Gasteiger partial charge in [-0.3, -0.25) is 0 Å². The molecule has 25 heavy (non-hydrogen) atoms. The van der Waals surface area contributed by atoms with Gasteiger partial charge >= 0.3 is 0 Å². The normalized spacial score (nSPS) is 11.4. The molecule has 3 N–H and O–H groups in total. The van der Waals surface area contributed by atoms with Gasteiger partial charge in [0.2, 0.25) is 0 Å². The van der Waals surface area contributed by atoms with Crippen molar-refractivity contribution >= 4 is 21.9 Å². The molecular weight excluding hydrogens is 310 g/mol. The Labute approximate surface area is 143 Å². The van der Waals surface area contributed by atoms with E-state index in [1.54, 1.807) is 6.07 Å². The number of aromatic hydroxyl groups is 1. The topological polar surface area (TPSA) is 64.7 Å². The van der Waals surface area contributed by atoms with Crippen LogP contribution < -0.4 is 0 Å². The van der Waals surface area contributed by atoms with Crippen LogP contribution in [-0.4, -0.2) is 20.1 Å². The Kier molecular flexibility index (Phi) is 2.91. The van der Waals surface area contributed by atoms with Crippen LogP contribution in [0.3, 0.4) is 0 Å². The molecule has 0 spiro atoms. The molecule has 2 aromatic carbocycles. The predicted octanol–water partition coefficient (Wildman–Crippen LogP) is 5.08. The van der Waals surface area contributed by atoms with Gasteiger partial charge in [0.15, 0.2) is 0 Å². The van der Waals surface area contributed by atoms with Crippen LogP contribution in [0.5, 0.6) is 5.75 Å². The molecule has 0 bridgehead atoms. The van der Waals surface area contributed by atoms with E-state index in [2.05, 4.69) is 45.3 Å². The number of phenols is 1. The van der Waals surface area contributed by atoms with Crippen LogP contribution in [0.15, 0.2) is 73.2 Å². The minimum Gasteiger partial charge on any atom is -0.507 e. The van der Waals surface area contributed by atoms with Crippen molar-refractivity contribution in [2.45, 2.75) is 0 Å². The fourth-order valence-electron chi connectivity index (χ4n) is 3.32. The largest absolute Gasteiger partial charge is 0.507 e. The van der Waals surface area contributed by atoms with Gasteiger partial charge in [0.05, 0.1) is 0 Å². The van der Waals surface area contributed by atoms with Crippen LogP contribution in [0, 0.1) is 0 Å². The number of phenolic OH excluding ortho intramolecular Hbond substituents is 1. The van der Waals surface area contributed by atoms with Gasteiger partial charge in [0, 0.05) is 46.2 Å². The van der Waals surface area contributed by atoms with Gasteiger partial charge in [-0.15, -0.1) is 0 Å². The Hall–Kier alpha value is -3.53. The van der Waals surface area contributed by atoms with E-state index in [-0.39, 0.29) is 5.75 Å². The van der Waals surface area contributed by atoms with E-state index < -0.39 is 0 Å². The lowest BCUT2D eigenvalue weighted by molar-refractivity contribution is 0.477. The molecule has 0 radical (unpaired) electrons. The number of nitrogens with one attached hydrogen (secondary N) is 2. The van der Waals surface area contributed by atoms with E-state index in [9.17, 15) is 5.11 Å². The standard InChI is InChI=1S/C21H15N3O/c25-20-4-2-1-3-16(20)18-12-24-21-17(18)10-15(11-23-21)13-5-6-19-14(9-13)7-8-22-19/h1-12,22,25H,(H,23,24). The number of aromatic amines is 2. The van der Waals surface area contributed by atoms with E-state index in [4.69, 9.17) is 0 Å². The molecule has 3 aromatic heterocycles. The van der Waals surface area contributed by atoms with Gasteiger partial charge < -0.3 is 15.1 Å². The van der Waals surface area contributed by atoms with Crippen molar-refractivity contribution in [3.8, 4) is 28.0 Å². The first-order valence-electron chi connectivity index (χ1n) is 8.12. The second kappa shape index (κ2) is 5.24. The first-order chi connectivity index (χ1) is 12.3. The third kappa shape index (κ3) is 2.19. The first-order valence-corrected chi connectivity index (χ1v) is 8.12. The number of nitrogens with zero attached hydrogens (tertiary/aromatic N) is 1. The quantitative estimate of drug-likeness (QED) is 0.423. The van der Waals surface area contributed by atoms with Crippen LogP contribution in [-0.2, 0) is 0 Å². The summed E-state index contributed by atoms with van der Waals surface area (Å²) in [6.07, 6.45) is 5.71. The average molecular weight is 325 g/mol. The van der Waals surface area contributed by atoms with Crippen LogP contribution in [0.25, 0.3) is 44.2 Å². The number of para-hydroxylation sites is 1. The number of pyridine rings is 1. The lowest BCUT2D eigenvalue weighted by atomic mass is 10.0. The molecule has 0 saturated carbocycles. The minimum atomic E-state index is 0.266. The fourth-order valence-corrected chi connectivity index (χ4v) is 3.32. The Bertz CT molecular complexity index is 1220. The molecule has 0 aliphatic heterocycles. The third-order valence-electron chi connectivity index (χ3n) is 4.61. The summed E-state index contributed by atoms with van der Waals surface area (Å²) < 4.78 is 0. The monoisotopic (exact) mass is 325 g/mol. The van der Waals surface area contributed by atoms with E-state index in [1.165, 1.54) is 5.39 Å². The van der Waals surface area contributed by atoms with Crippen molar-refractivity contribution < 1.29 is 5.11 Å². The number of H-pyrrole nitrogens is 2. The van der Waals surface area contributed by atoms with Gasteiger partial charge in [-0.25, -0.2) is 4.98 Å². The molecule has 3 heterocycles. The van der Waals surface area contributed by atoms with E-state index in [0.717, 1.165) is 38.8 Å². The summed E-state index contributed by atoms with van der Waals surface area (Å²) in [5.74, 6) is 0.266. The highest BCUT2D eigenvalue weighted by Gasteiger charge is 2.12. The van der Waals surface area contributed by atoms with E-state index in [0.29, 0.717) is 0 Å². The zero-order valence-corrected chi connectivity index (χ0v) is 13.3. The number of aromatic nitrogens is 3. The Balaban J connectivity index is 1.70. The lowest BCUT2D eigenvalue weighted by Crippen LogP contribution is -1.83. The number of fused-ring (bicyclic) bond motifs is 2. The zero-order chi connectivity index (χ0) is 16.8. The van der Waals surface area contributed by atoms with Gasteiger partial charge in [-0.05, 0) is 41.3 Å². The molecule has 4 heteroatoms. The summed E-state index contributed by atoms with van der Waals surface area (Å²) in [6, 6.07) is 17.9. The summed E-state index contributed by atoms with van der Waals surface area (Å²) in [4.78, 5) is 11.0. The highest BCUT2D eigenvalue weighted by atomic mass is 16.3. The molecule has 4 nitrogen and oxygen atoms in total. The summed E-state index contributed by atoms with van der Waals surface area (Å²) in [7, 11) is 0. The number of rotatable bonds is 2. The second-order valence-corrected chi connectivity index (χ2v) is 6.12. The van der Waals surface area contributed by atoms with Crippen molar-refractivity contribution in [2.24, 2.45) is 0 Å². The van der Waals surface area contributed by atoms with Crippen molar-refractivity contribution in [1.82, 2.24) is 15.0 Å².